The molecule has 1 aromatic rings. The summed E-state index contributed by atoms with van der Waals surface area (Å²) >= 11 is 0. The van der Waals surface area contributed by atoms with E-state index in [-0.39, 0.29) is 18.3 Å². The molecule has 5 nitrogen and oxygen atoms in total. The van der Waals surface area contributed by atoms with Crippen LogP contribution in [0.5, 0.6) is 0 Å². The Hall–Kier alpha value is -0.650. The molecule has 0 saturated carbocycles. The van der Waals surface area contributed by atoms with Crippen LogP contribution in [0.4, 0.5) is 0 Å². The van der Waals surface area contributed by atoms with Gasteiger partial charge in [0.2, 0.25) is 5.89 Å². The first-order valence-electron chi connectivity index (χ1n) is 5.27. The number of hydrogen-bond acceptors (Lipinski definition) is 5. The topological polar surface area (TPSA) is 68.2 Å². The zero-order valence-corrected chi connectivity index (χ0v) is 11.1. The van der Waals surface area contributed by atoms with E-state index in [1.807, 2.05) is 20.9 Å². The molecule has 0 saturated heterocycles. The standard InChI is InChI=1S/C10H20N4O.ClH/c1-7(2)10-12-9(13-15-10)6-14(4)8(3)5-11;/h7-8H,5-6,11H2,1-4H3;1H. The fourth-order valence-corrected chi connectivity index (χ4v) is 1.13. The molecule has 0 fully saturated rings. The Kier molecular flexibility index (Phi) is 6.55. The van der Waals surface area contributed by atoms with Gasteiger partial charge in [-0.3, -0.25) is 4.90 Å². The molecular weight excluding hydrogens is 228 g/mol. The Morgan fingerprint density at radius 1 is 1.38 bits per heavy atom. The van der Waals surface area contributed by atoms with Gasteiger partial charge >= 0.3 is 0 Å². The van der Waals surface area contributed by atoms with Crippen LogP contribution in [0.25, 0.3) is 0 Å². The van der Waals surface area contributed by atoms with E-state index in [2.05, 4.69) is 22.0 Å². The third-order valence-electron chi connectivity index (χ3n) is 2.46. The molecule has 0 amide bonds. The maximum atomic E-state index is 5.57. The van der Waals surface area contributed by atoms with Crippen molar-refractivity contribution in [1.82, 2.24) is 15.0 Å². The highest BCUT2D eigenvalue weighted by molar-refractivity contribution is 5.85. The second-order valence-corrected chi connectivity index (χ2v) is 4.20. The van der Waals surface area contributed by atoms with Crippen molar-refractivity contribution in [2.45, 2.75) is 39.3 Å². The van der Waals surface area contributed by atoms with Gasteiger partial charge in [-0.25, -0.2) is 0 Å². The minimum Gasteiger partial charge on any atom is -0.339 e. The van der Waals surface area contributed by atoms with Crippen LogP contribution in [0, 0.1) is 0 Å². The molecule has 0 spiro atoms. The summed E-state index contributed by atoms with van der Waals surface area (Å²) in [5, 5.41) is 3.93. The molecule has 1 unspecified atom stereocenters. The van der Waals surface area contributed by atoms with Crippen LogP contribution < -0.4 is 5.73 Å². The van der Waals surface area contributed by atoms with Crippen LogP contribution in [0.3, 0.4) is 0 Å². The Labute approximate surface area is 103 Å². The normalized spacial score (nSPS) is 12.9. The summed E-state index contributed by atoms with van der Waals surface area (Å²) in [5.74, 6) is 1.70. The molecule has 0 aliphatic rings. The average molecular weight is 249 g/mol. The average Bonchev–Trinajstić information content (AvgIpc) is 2.65. The van der Waals surface area contributed by atoms with Crippen LogP contribution in [-0.2, 0) is 6.54 Å². The van der Waals surface area contributed by atoms with Crippen molar-refractivity contribution in [3.05, 3.63) is 11.7 Å². The van der Waals surface area contributed by atoms with Crippen LogP contribution >= 0.6 is 12.4 Å². The summed E-state index contributed by atoms with van der Waals surface area (Å²) in [5.41, 5.74) is 5.57. The summed E-state index contributed by atoms with van der Waals surface area (Å²) < 4.78 is 5.12. The van der Waals surface area contributed by atoms with E-state index in [1.165, 1.54) is 0 Å². The molecule has 6 heteroatoms. The van der Waals surface area contributed by atoms with Crippen LogP contribution in [0.15, 0.2) is 4.52 Å². The maximum Gasteiger partial charge on any atom is 0.229 e. The SMILES string of the molecule is CC(C)c1nc(CN(C)C(C)CN)no1.Cl. The molecule has 0 aliphatic carbocycles. The van der Waals surface area contributed by atoms with Gasteiger partial charge in [0, 0.05) is 18.5 Å². The zero-order chi connectivity index (χ0) is 11.4. The Morgan fingerprint density at radius 3 is 2.44 bits per heavy atom. The third-order valence-corrected chi connectivity index (χ3v) is 2.46. The summed E-state index contributed by atoms with van der Waals surface area (Å²) in [7, 11) is 2.00. The first-order chi connectivity index (χ1) is 7.04. The predicted octanol–water partition coefficient (Wildman–Crippen LogP) is 1.39. The van der Waals surface area contributed by atoms with Crippen molar-refractivity contribution in [2.75, 3.05) is 13.6 Å². The smallest absolute Gasteiger partial charge is 0.229 e. The molecule has 1 aromatic heterocycles. The molecule has 1 rings (SSSR count). The first kappa shape index (κ1) is 15.3. The van der Waals surface area contributed by atoms with Crippen molar-refractivity contribution < 1.29 is 4.52 Å². The van der Waals surface area contributed by atoms with Gasteiger partial charge in [0.1, 0.15) is 0 Å². The fraction of sp³-hybridized carbons (Fsp3) is 0.800. The van der Waals surface area contributed by atoms with Gasteiger partial charge in [-0.2, -0.15) is 4.98 Å². The highest BCUT2D eigenvalue weighted by Crippen LogP contribution is 2.11. The monoisotopic (exact) mass is 248 g/mol. The van der Waals surface area contributed by atoms with E-state index < -0.39 is 0 Å². The third kappa shape index (κ3) is 4.08. The molecule has 94 valence electrons. The molecule has 1 atom stereocenters. The lowest BCUT2D eigenvalue weighted by Crippen LogP contribution is -2.35. The maximum absolute atomic E-state index is 5.57. The largest absolute Gasteiger partial charge is 0.339 e. The van der Waals surface area contributed by atoms with Gasteiger partial charge in [-0.05, 0) is 14.0 Å². The molecule has 1 heterocycles. The highest BCUT2D eigenvalue weighted by Gasteiger charge is 2.13. The Bertz CT molecular complexity index is 303. The molecule has 16 heavy (non-hydrogen) atoms. The molecule has 2 N–H and O–H groups in total. The second kappa shape index (κ2) is 6.83. The minimum atomic E-state index is 0. The summed E-state index contributed by atoms with van der Waals surface area (Å²) in [6.45, 7) is 7.44. The highest BCUT2D eigenvalue weighted by atomic mass is 35.5. The lowest BCUT2D eigenvalue weighted by Gasteiger charge is -2.21. The van der Waals surface area contributed by atoms with E-state index in [4.69, 9.17) is 10.3 Å². The van der Waals surface area contributed by atoms with Gasteiger partial charge in [0.15, 0.2) is 5.82 Å². The quantitative estimate of drug-likeness (QED) is 0.853. The van der Waals surface area contributed by atoms with Crippen molar-refractivity contribution in [1.29, 1.82) is 0 Å². The van der Waals surface area contributed by atoms with E-state index >= 15 is 0 Å². The fourth-order valence-electron chi connectivity index (χ4n) is 1.13. The van der Waals surface area contributed by atoms with Crippen LogP contribution in [0.1, 0.15) is 38.4 Å². The van der Waals surface area contributed by atoms with E-state index in [0.29, 0.717) is 25.0 Å². The number of hydrogen-bond donors (Lipinski definition) is 1. The molecular formula is C10H21ClN4O. The Balaban J connectivity index is 0.00000225. The van der Waals surface area contributed by atoms with Crippen LogP contribution in [0.2, 0.25) is 0 Å². The lowest BCUT2D eigenvalue weighted by atomic mass is 10.2. The number of nitrogens with zero attached hydrogens (tertiary/aromatic N) is 3. The zero-order valence-electron chi connectivity index (χ0n) is 10.3. The number of likely N-dealkylation sites (N-methyl/N-ethyl adjacent to an activating group) is 1. The molecule has 0 bridgehead atoms. The van der Waals surface area contributed by atoms with Gasteiger partial charge in [-0.15, -0.1) is 12.4 Å². The Morgan fingerprint density at radius 2 is 2.00 bits per heavy atom. The number of nitrogens with two attached hydrogens (primary N) is 1. The van der Waals surface area contributed by atoms with Crippen molar-refractivity contribution in [3.63, 3.8) is 0 Å². The lowest BCUT2D eigenvalue weighted by molar-refractivity contribution is 0.244. The van der Waals surface area contributed by atoms with Gasteiger partial charge in [-0.1, -0.05) is 19.0 Å². The number of aromatic nitrogens is 2. The number of halogens is 1. The van der Waals surface area contributed by atoms with Gasteiger partial charge in [0.25, 0.3) is 0 Å². The van der Waals surface area contributed by atoms with E-state index in [0.717, 1.165) is 5.82 Å². The van der Waals surface area contributed by atoms with E-state index in [1.54, 1.807) is 0 Å². The summed E-state index contributed by atoms with van der Waals surface area (Å²) in [6.07, 6.45) is 0. The van der Waals surface area contributed by atoms with Crippen molar-refractivity contribution in [2.24, 2.45) is 5.73 Å². The summed E-state index contributed by atoms with van der Waals surface area (Å²) in [4.78, 5) is 6.41. The van der Waals surface area contributed by atoms with Crippen molar-refractivity contribution in [3.8, 4) is 0 Å². The van der Waals surface area contributed by atoms with Crippen LogP contribution in [-0.4, -0.2) is 34.7 Å². The van der Waals surface area contributed by atoms with Gasteiger partial charge < -0.3 is 10.3 Å². The first-order valence-corrected chi connectivity index (χ1v) is 5.27. The molecule has 0 aromatic carbocycles. The predicted molar refractivity (Wildman–Crippen MR) is 65.6 cm³/mol. The second-order valence-electron chi connectivity index (χ2n) is 4.20. The minimum absolute atomic E-state index is 0. The van der Waals surface area contributed by atoms with E-state index in [9.17, 15) is 0 Å². The van der Waals surface area contributed by atoms with Crippen molar-refractivity contribution >= 4 is 12.4 Å². The summed E-state index contributed by atoms with van der Waals surface area (Å²) in [6, 6.07) is 0.325. The molecule has 0 aliphatic heterocycles. The van der Waals surface area contributed by atoms with Gasteiger partial charge in [0.05, 0.1) is 6.54 Å². The molecule has 0 radical (unpaired) electrons. The number of rotatable bonds is 5.